The molecular formula is C32H35N5O4S. The van der Waals surface area contributed by atoms with Gasteiger partial charge in [-0.2, -0.15) is 0 Å². The van der Waals surface area contributed by atoms with Crippen LogP contribution in [-0.2, 0) is 15.8 Å². The van der Waals surface area contributed by atoms with Gasteiger partial charge in [0.05, 0.1) is 47.0 Å². The van der Waals surface area contributed by atoms with E-state index in [2.05, 4.69) is 53.2 Å². The van der Waals surface area contributed by atoms with Crippen LogP contribution in [0.4, 0.5) is 5.69 Å². The third-order valence-corrected chi connectivity index (χ3v) is 8.44. The minimum atomic E-state index is -1.83. The van der Waals surface area contributed by atoms with E-state index < -0.39 is 11.1 Å². The van der Waals surface area contributed by atoms with Gasteiger partial charge in [-0.05, 0) is 55.3 Å². The van der Waals surface area contributed by atoms with Crippen molar-refractivity contribution in [3.8, 4) is 11.6 Å². The maximum atomic E-state index is 10.3. The first-order valence-corrected chi connectivity index (χ1v) is 15.2. The maximum absolute atomic E-state index is 10.3. The average molecular weight is 586 g/mol. The number of benzene rings is 3. The van der Waals surface area contributed by atoms with Gasteiger partial charge in [-0.1, -0.05) is 37.3 Å². The van der Waals surface area contributed by atoms with E-state index in [-0.39, 0.29) is 5.41 Å². The zero-order valence-corrected chi connectivity index (χ0v) is 24.4. The molecule has 2 aromatic heterocycles. The molecule has 9 nitrogen and oxygen atoms in total. The number of rotatable bonds is 6. The summed E-state index contributed by atoms with van der Waals surface area (Å²) in [5, 5.41) is 1.14. The van der Waals surface area contributed by atoms with E-state index in [0.717, 1.165) is 72.6 Å². The first-order chi connectivity index (χ1) is 20.4. The third kappa shape index (κ3) is 6.17. The van der Waals surface area contributed by atoms with E-state index in [1.54, 1.807) is 30.3 Å². The molecule has 3 aromatic carbocycles. The Hall–Kier alpha value is -3.83. The summed E-state index contributed by atoms with van der Waals surface area (Å²) in [6, 6.07) is 25.4. The standard InChI is InChI=1S/C26H29N5O2.C6H6O2S/c1-26(14-32-15-26)16-33-20-6-7-22-21(13-20)28-17-31(22)24-8-5-18-3-2-4-23(25(18)29-24)30-11-9-19(27)10-12-30;7-9(8)6-4-2-1-3-5-6/h2-8,13,17,19H,9-12,14-16,27H2,1H3;1-5H,(H,7,8). The monoisotopic (exact) mass is 585 g/mol. The smallest absolute Gasteiger partial charge is 0.186 e. The number of hydrogen-bond acceptors (Lipinski definition) is 7. The van der Waals surface area contributed by atoms with Crippen LogP contribution in [0.15, 0.2) is 90.1 Å². The fraction of sp³-hybridized carbons (Fsp3) is 0.312. The number of fused-ring (bicyclic) bond motifs is 2. The van der Waals surface area contributed by atoms with E-state index >= 15 is 0 Å². The molecule has 4 heterocycles. The predicted molar refractivity (Wildman–Crippen MR) is 166 cm³/mol. The molecule has 1 atom stereocenters. The van der Waals surface area contributed by atoms with Gasteiger partial charge in [0, 0.05) is 36.0 Å². The van der Waals surface area contributed by atoms with Crippen molar-refractivity contribution in [3.05, 3.63) is 85.2 Å². The second-order valence-corrected chi connectivity index (χ2v) is 12.2. The highest BCUT2D eigenvalue weighted by atomic mass is 32.2. The second kappa shape index (κ2) is 12.2. The predicted octanol–water partition coefficient (Wildman–Crippen LogP) is 5.18. The van der Waals surface area contributed by atoms with Crippen LogP contribution < -0.4 is 15.4 Å². The number of ether oxygens (including phenoxy) is 2. The molecule has 0 radical (unpaired) electrons. The molecule has 3 N–H and O–H groups in total. The molecule has 1 unspecified atom stereocenters. The van der Waals surface area contributed by atoms with Gasteiger partial charge in [-0.15, -0.1) is 0 Å². The molecule has 10 heteroatoms. The Balaban J connectivity index is 0.000000302. The zero-order chi connectivity index (χ0) is 29.1. The van der Waals surface area contributed by atoms with Crippen LogP contribution in [0.3, 0.4) is 0 Å². The summed E-state index contributed by atoms with van der Waals surface area (Å²) < 4.78 is 32.2. The molecule has 0 saturated carbocycles. The lowest BCUT2D eigenvalue weighted by Gasteiger charge is -2.37. The Labute approximate surface area is 247 Å². The molecule has 42 heavy (non-hydrogen) atoms. The largest absolute Gasteiger partial charge is 0.493 e. The molecule has 0 aliphatic carbocycles. The highest BCUT2D eigenvalue weighted by Gasteiger charge is 2.34. The maximum Gasteiger partial charge on any atom is 0.186 e. The van der Waals surface area contributed by atoms with E-state index in [9.17, 15) is 4.21 Å². The lowest BCUT2D eigenvalue weighted by atomic mass is 9.90. The van der Waals surface area contributed by atoms with Crippen LogP contribution in [-0.4, -0.2) is 62.2 Å². The van der Waals surface area contributed by atoms with Crippen molar-refractivity contribution in [2.45, 2.75) is 30.7 Å². The Kier molecular flexibility index (Phi) is 8.21. The Morgan fingerprint density at radius 2 is 1.83 bits per heavy atom. The van der Waals surface area contributed by atoms with Crippen molar-refractivity contribution in [2.24, 2.45) is 11.1 Å². The summed E-state index contributed by atoms with van der Waals surface area (Å²) in [6.07, 6.45) is 3.86. The molecule has 2 saturated heterocycles. The molecule has 0 spiro atoms. The Bertz CT molecular complexity index is 1700. The molecule has 2 aliphatic heterocycles. The van der Waals surface area contributed by atoms with Crippen LogP contribution in [0.1, 0.15) is 19.8 Å². The minimum absolute atomic E-state index is 0.112. The number of anilines is 1. The van der Waals surface area contributed by atoms with E-state index in [1.165, 1.54) is 5.69 Å². The van der Waals surface area contributed by atoms with Crippen LogP contribution >= 0.6 is 0 Å². The van der Waals surface area contributed by atoms with Gasteiger partial charge in [0.15, 0.2) is 11.1 Å². The summed E-state index contributed by atoms with van der Waals surface area (Å²) in [5.41, 5.74) is 10.3. The van der Waals surface area contributed by atoms with Crippen molar-refractivity contribution in [2.75, 3.05) is 37.8 Å². The SMILES string of the molecule is CC1(COc2ccc3c(c2)ncn3-c2ccc3cccc(N4CCC(N)CC4)c3n2)COC1.O=S(O)c1ccccc1. The molecule has 2 fully saturated rings. The molecule has 218 valence electrons. The first-order valence-electron chi connectivity index (χ1n) is 14.1. The van der Waals surface area contributed by atoms with Crippen LogP contribution in [0.25, 0.3) is 27.8 Å². The first kappa shape index (κ1) is 28.3. The number of aromatic nitrogens is 3. The van der Waals surface area contributed by atoms with Crippen LogP contribution in [0.5, 0.6) is 5.75 Å². The van der Waals surface area contributed by atoms with E-state index in [4.69, 9.17) is 24.7 Å². The number of para-hydroxylation sites is 1. The van der Waals surface area contributed by atoms with E-state index in [1.807, 2.05) is 23.0 Å². The molecule has 5 aromatic rings. The second-order valence-electron chi connectivity index (χ2n) is 11.3. The minimum Gasteiger partial charge on any atom is -0.493 e. The Morgan fingerprint density at radius 3 is 2.52 bits per heavy atom. The van der Waals surface area contributed by atoms with Gasteiger partial charge in [0.2, 0.25) is 0 Å². The number of pyridine rings is 1. The lowest BCUT2D eigenvalue weighted by Crippen LogP contribution is -2.44. The quantitative estimate of drug-likeness (QED) is 0.262. The van der Waals surface area contributed by atoms with E-state index in [0.29, 0.717) is 17.5 Å². The van der Waals surface area contributed by atoms with Crippen molar-refractivity contribution in [1.82, 2.24) is 14.5 Å². The summed E-state index contributed by atoms with van der Waals surface area (Å²) >= 11 is -1.83. The fourth-order valence-electron chi connectivity index (χ4n) is 5.24. The molecule has 7 rings (SSSR count). The molecule has 0 bridgehead atoms. The summed E-state index contributed by atoms with van der Waals surface area (Å²) in [5.74, 6) is 1.69. The number of nitrogens with two attached hydrogens (primary N) is 1. The number of hydrogen-bond donors (Lipinski definition) is 2. The molecule has 2 aliphatic rings. The van der Waals surface area contributed by atoms with Gasteiger partial charge < -0.3 is 24.7 Å². The summed E-state index contributed by atoms with van der Waals surface area (Å²) in [4.78, 5) is 12.6. The van der Waals surface area contributed by atoms with Gasteiger partial charge in [0.25, 0.3) is 0 Å². The van der Waals surface area contributed by atoms with Crippen LogP contribution in [0, 0.1) is 5.41 Å². The topological polar surface area (TPSA) is 116 Å². The lowest BCUT2D eigenvalue weighted by molar-refractivity contribution is -0.120. The highest BCUT2D eigenvalue weighted by Crippen LogP contribution is 2.31. The zero-order valence-electron chi connectivity index (χ0n) is 23.6. The average Bonchev–Trinajstić information content (AvgIpc) is 3.43. The number of imidazole rings is 1. The van der Waals surface area contributed by atoms with Crippen LogP contribution in [0.2, 0.25) is 0 Å². The van der Waals surface area contributed by atoms with Crippen molar-refractivity contribution >= 4 is 38.7 Å². The Morgan fingerprint density at radius 1 is 1.05 bits per heavy atom. The van der Waals surface area contributed by atoms with Gasteiger partial charge in [-0.3, -0.25) is 4.57 Å². The summed E-state index contributed by atoms with van der Waals surface area (Å²) in [6.45, 7) is 6.27. The number of piperidine rings is 1. The van der Waals surface area contributed by atoms with Crippen molar-refractivity contribution < 1.29 is 18.2 Å². The van der Waals surface area contributed by atoms with Crippen molar-refractivity contribution in [3.63, 3.8) is 0 Å². The van der Waals surface area contributed by atoms with Gasteiger partial charge in [-0.25, -0.2) is 14.2 Å². The number of nitrogens with zero attached hydrogens (tertiary/aromatic N) is 4. The molecule has 0 amide bonds. The summed E-state index contributed by atoms with van der Waals surface area (Å²) in [7, 11) is 0. The van der Waals surface area contributed by atoms with Gasteiger partial charge in [0.1, 0.15) is 17.9 Å². The van der Waals surface area contributed by atoms with Gasteiger partial charge >= 0.3 is 0 Å². The molecular weight excluding hydrogens is 550 g/mol. The normalized spacial score (nSPS) is 17.4. The fourth-order valence-corrected chi connectivity index (χ4v) is 5.63. The highest BCUT2D eigenvalue weighted by molar-refractivity contribution is 7.79. The third-order valence-electron chi connectivity index (χ3n) is 7.76. The van der Waals surface area contributed by atoms with Crippen molar-refractivity contribution in [1.29, 1.82) is 0 Å².